The molecule has 25 heavy (non-hydrogen) atoms. The summed E-state index contributed by atoms with van der Waals surface area (Å²) in [4.78, 5) is 11.6. The first-order valence-corrected chi connectivity index (χ1v) is 9.75. The molecular weight excluding hydrogens is 385 g/mol. The first-order valence-electron chi connectivity index (χ1n) is 7.51. The Morgan fingerprint density at radius 2 is 2.00 bits per heavy atom. The van der Waals surface area contributed by atoms with Gasteiger partial charge in [0.2, 0.25) is 10.0 Å². The maximum Gasteiger partial charge on any atom is 0.337 e. The lowest BCUT2D eigenvalue weighted by Crippen LogP contribution is -2.27. The van der Waals surface area contributed by atoms with E-state index in [9.17, 15) is 13.2 Å². The summed E-state index contributed by atoms with van der Waals surface area (Å²) in [7, 11) is -2.56. The molecule has 2 aromatic rings. The summed E-state index contributed by atoms with van der Waals surface area (Å²) in [5, 5.41) is 0.155. The van der Waals surface area contributed by atoms with Crippen molar-refractivity contribution >= 4 is 39.2 Å². The zero-order valence-corrected chi connectivity index (χ0v) is 15.6. The third-order valence-electron chi connectivity index (χ3n) is 4.15. The first-order chi connectivity index (χ1) is 11.8. The molecule has 0 saturated heterocycles. The average Bonchev–Trinajstić information content (AvgIpc) is 2.98. The number of fused-ring (bicyclic) bond motifs is 1. The summed E-state index contributed by atoms with van der Waals surface area (Å²) in [6.45, 7) is 0. The quantitative estimate of drug-likeness (QED) is 0.794. The minimum atomic E-state index is -3.86. The number of aryl methyl sites for hydroxylation is 1. The van der Waals surface area contributed by atoms with E-state index in [1.54, 1.807) is 12.1 Å². The van der Waals surface area contributed by atoms with E-state index < -0.39 is 22.0 Å². The van der Waals surface area contributed by atoms with E-state index in [0.717, 1.165) is 11.1 Å². The van der Waals surface area contributed by atoms with Crippen molar-refractivity contribution in [3.05, 3.63) is 63.1 Å². The van der Waals surface area contributed by atoms with E-state index in [0.29, 0.717) is 18.4 Å². The molecule has 0 amide bonds. The number of esters is 1. The molecule has 0 aliphatic heterocycles. The number of hydrogen-bond acceptors (Lipinski definition) is 4. The number of methoxy groups -OCH3 is 1. The fourth-order valence-electron chi connectivity index (χ4n) is 2.91. The van der Waals surface area contributed by atoms with Crippen LogP contribution in [0.1, 0.15) is 33.9 Å². The monoisotopic (exact) mass is 399 g/mol. The van der Waals surface area contributed by atoms with E-state index in [4.69, 9.17) is 27.9 Å². The van der Waals surface area contributed by atoms with Crippen LogP contribution in [-0.4, -0.2) is 21.5 Å². The molecule has 2 aromatic carbocycles. The number of ether oxygens (including phenoxy) is 1. The van der Waals surface area contributed by atoms with Crippen molar-refractivity contribution in [2.75, 3.05) is 7.11 Å². The highest BCUT2D eigenvalue weighted by molar-refractivity contribution is 7.89. The molecule has 3 rings (SSSR count). The third kappa shape index (κ3) is 3.53. The van der Waals surface area contributed by atoms with Gasteiger partial charge in [0.05, 0.1) is 22.7 Å². The largest absolute Gasteiger partial charge is 0.465 e. The van der Waals surface area contributed by atoms with Crippen LogP contribution in [0.4, 0.5) is 0 Å². The van der Waals surface area contributed by atoms with Crippen LogP contribution in [0.25, 0.3) is 0 Å². The summed E-state index contributed by atoms with van der Waals surface area (Å²) in [5.74, 6) is -0.464. The number of nitrogens with one attached hydrogen (secondary N) is 1. The average molecular weight is 400 g/mol. The van der Waals surface area contributed by atoms with Gasteiger partial charge in [0.1, 0.15) is 4.90 Å². The standard InChI is InChI=1S/C17H15Cl2NO4S/c1-24-17(21)11-6-5-10-7-8-14(12(10)9-11)20-25(22,23)15-4-2-3-13(18)16(15)19/h2-6,9,14,20H,7-8H2,1H3. The molecule has 0 heterocycles. The van der Waals surface area contributed by atoms with Gasteiger partial charge in [-0.05, 0) is 48.2 Å². The molecular formula is C17H15Cl2NO4S. The minimum absolute atomic E-state index is 0.0156. The topological polar surface area (TPSA) is 72.5 Å². The van der Waals surface area contributed by atoms with Crippen molar-refractivity contribution in [2.24, 2.45) is 0 Å². The maximum atomic E-state index is 12.7. The minimum Gasteiger partial charge on any atom is -0.465 e. The van der Waals surface area contributed by atoms with Gasteiger partial charge < -0.3 is 4.74 Å². The lowest BCUT2D eigenvalue weighted by molar-refractivity contribution is 0.0600. The van der Waals surface area contributed by atoms with Gasteiger partial charge in [-0.2, -0.15) is 0 Å². The second-order valence-corrected chi connectivity index (χ2v) is 8.14. The van der Waals surface area contributed by atoms with Crippen LogP contribution < -0.4 is 4.72 Å². The van der Waals surface area contributed by atoms with Gasteiger partial charge in [-0.1, -0.05) is 35.3 Å². The molecule has 1 N–H and O–H groups in total. The molecule has 0 aromatic heterocycles. The molecule has 1 unspecified atom stereocenters. The van der Waals surface area contributed by atoms with Crippen LogP contribution >= 0.6 is 23.2 Å². The Bertz CT molecular complexity index is 944. The molecule has 0 radical (unpaired) electrons. The number of hydrogen-bond donors (Lipinski definition) is 1. The summed E-state index contributed by atoms with van der Waals surface area (Å²) in [6, 6.07) is 9.17. The van der Waals surface area contributed by atoms with Crippen LogP contribution in [0.5, 0.6) is 0 Å². The zero-order valence-electron chi connectivity index (χ0n) is 13.3. The predicted octanol–water partition coefficient (Wildman–Crippen LogP) is 3.75. The third-order valence-corrected chi connectivity index (χ3v) is 6.59. The Kier molecular flexibility index (Phi) is 5.06. The van der Waals surface area contributed by atoms with Crippen LogP contribution in [-0.2, 0) is 21.2 Å². The smallest absolute Gasteiger partial charge is 0.337 e. The van der Waals surface area contributed by atoms with E-state index in [-0.39, 0.29) is 14.9 Å². The first kappa shape index (κ1) is 18.2. The summed E-state index contributed by atoms with van der Waals surface area (Å²) < 4.78 is 32.8. The molecule has 1 aliphatic rings. The lowest BCUT2D eigenvalue weighted by atomic mass is 10.0. The fourth-order valence-corrected chi connectivity index (χ4v) is 4.92. The van der Waals surface area contributed by atoms with Crippen molar-refractivity contribution in [1.82, 2.24) is 4.72 Å². The Balaban J connectivity index is 1.93. The molecule has 8 heteroatoms. The summed E-state index contributed by atoms with van der Waals surface area (Å²) in [5.41, 5.74) is 2.15. The molecule has 0 fully saturated rings. The molecule has 1 aliphatic carbocycles. The van der Waals surface area contributed by atoms with Crippen molar-refractivity contribution in [1.29, 1.82) is 0 Å². The summed E-state index contributed by atoms with van der Waals surface area (Å²) in [6.07, 6.45) is 1.31. The molecule has 5 nitrogen and oxygen atoms in total. The van der Waals surface area contributed by atoms with Gasteiger partial charge >= 0.3 is 5.97 Å². The van der Waals surface area contributed by atoms with Crippen LogP contribution in [0.2, 0.25) is 10.0 Å². The molecule has 0 bridgehead atoms. The maximum absolute atomic E-state index is 12.7. The highest BCUT2D eigenvalue weighted by atomic mass is 35.5. The van der Waals surface area contributed by atoms with Gasteiger partial charge in [-0.15, -0.1) is 0 Å². The van der Waals surface area contributed by atoms with Crippen molar-refractivity contribution in [3.8, 4) is 0 Å². The molecule has 0 saturated carbocycles. The Hall–Kier alpha value is -1.60. The number of rotatable bonds is 4. The second kappa shape index (κ2) is 6.96. The van der Waals surface area contributed by atoms with Crippen molar-refractivity contribution in [2.45, 2.75) is 23.8 Å². The summed E-state index contributed by atoms with van der Waals surface area (Å²) >= 11 is 12.0. The van der Waals surface area contributed by atoms with Crippen molar-refractivity contribution in [3.63, 3.8) is 0 Å². The number of carbonyl (C=O) groups excluding carboxylic acids is 1. The number of halogens is 2. The molecule has 132 valence electrons. The highest BCUT2D eigenvalue weighted by Gasteiger charge is 2.29. The van der Waals surface area contributed by atoms with E-state index in [1.807, 2.05) is 6.07 Å². The van der Waals surface area contributed by atoms with E-state index in [1.165, 1.54) is 25.3 Å². The molecule has 1 atom stereocenters. The van der Waals surface area contributed by atoms with Gasteiger partial charge in [0, 0.05) is 6.04 Å². The number of carbonyl (C=O) groups is 1. The number of benzene rings is 2. The van der Waals surface area contributed by atoms with Crippen LogP contribution in [0.3, 0.4) is 0 Å². The second-order valence-electron chi connectivity index (χ2n) is 5.67. The van der Waals surface area contributed by atoms with Gasteiger partial charge in [0.15, 0.2) is 0 Å². The van der Waals surface area contributed by atoms with E-state index >= 15 is 0 Å². The Morgan fingerprint density at radius 3 is 2.72 bits per heavy atom. The number of sulfonamides is 1. The molecule has 0 spiro atoms. The predicted molar refractivity (Wildman–Crippen MR) is 95.6 cm³/mol. The Labute approximate surface area is 155 Å². The lowest BCUT2D eigenvalue weighted by Gasteiger charge is -2.16. The SMILES string of the molecule is COC(=O)c1ccc2c(c1)C(NS(=O)(=O)c1cccc(Cl)c1Cl)CC2. The Morgan fingerprint density at radius 1 is 1.24 bits per heavy atom. The van der Waals surface area contributed by atoms with Crippen LogP contribution in [0.15, 0.2) is 41.3 Å². The highest BCUT2D eigenvalue weighted by Crippen LogP contribution is 2.35. The zero-order chi connectivity index (χ0) is 18.2. The van der Waals surface area contributed by atoms with Crippen molar-refractivity contribution < 1.29 is 17.9 Å². The fraction of sp³-hybridized carbons (Fsp3) is 0.235. The van der Waals surface area contributed by atoms with Gasteiger partial charge in [-0.3, -0.25) is 0 Å². The van der Waals surface area contributed by atoms with Crippen LogP contribution in [0, 0.1) is 0 Å². The van der Waals surface area contributed by atoms with Gasteiger partial charge in [0.25, 0.3) is 0 Å². The normalized spacial score (nSPS) is 16.5. The van der Waals surface area contributed by atoms with E-state index in [2.05, 4.69) is 4.72 Å². The van der Waals surface area contributed by atoms with Gasteiger partial charge in [-0.25, -0.2) is 17.9 Å².